The molecule has 1 atom stereocenters. The Morgan fingerprint density at radius 1 is 1.02 bits per heavy atom. The molecule has 0 saturated carbocycles. The molecule has 3 aromatic rings. The number of nitro benzene ring substituents is 1. The molecule has 225 valence electrons. The van der Waals surface area contributed by atoms with Crippen molar-refractivity contribution in [3.8, 4) is 11.5 Å². The van der Waals surface area contributed by atoms with Crippen LogP contribution in [0, 0.1) is 23.5 Å². The number of nitrogens with zero attached hydrogens (tertiary/aromatic N) is 5. The van der Waals surface area contributed by atoms with Gasteiger partial charge in [0.25, 0.3) is 5.69 Å². The molecule has 1 radical (unpaired) electrons. The first-order valence-corrected chi connectivity index (χ1v) is 14.0. The monoisotopic (exact) mass is 587 g/mol. The Bertz CT molecular complexity index is 1440. The quantitative estimate of drug-likeness (QED) is 0.247. The van der Waals surface area contributed by atoms with Crippen molar-refractivity contribution in [3.63, 3.8) is 0 Å². The smallest absolute Gasteiger partial charge is 0.416 e. The van der Waals surface area contributed by atoms with Crippen LogP contribution in [0.25, 0.3) is 10.9 Å². The van der Waals surface area contributed by atoms with Gasteiger partial charge in [-0.2, -0.15) is 13.2 Å². The number of anilines is 1. The molecular formula is C29H34F3N6O4. The number of fused-ring (bicyclic) bond motifs is 1. The summed E-state index contributed by atoms with van der Waals surface area (Å²) < 4.78 is 52.5. The van der Waals surface area contributed by atoms with Crippen LogP contribution < -0.4 is 14.8 Å². The standard InChI is InChI=1S/C29H34F3N6O4/c1-18(20-13-21(29(30,31)32)15-22(14-20)38(39)40)33-28-24-16-27(26(41-3)17-25(24)34-19(2)35-28)42-23-7-11-37(12-8-23)36-9-5-4-6-10-36/h4,13-18,23H,5-12H2,1-3H3,(H,33,34,35)/t18-/m1/s1. The summed E-state index contributed by atoms with van der Waals surface area (Å²) in [5.41, 5.74) is -1.06. The van der Waals surface area contributed by atoms with Crippen LogP contribution in [0.2, 0.25) is 0 Å². The Kier molecular flexibility index (Phi) is 8.69. The van der Waals surface area contributed by atoms with Gasteiger partial charge in [0.05, 0.1) is 29.2 Å². The highest BCUT2D eigenvalue weighted by Crippen LogP contribution is 2.38. The fraction of sp³-hybridized carbons (Fsp3) is 0.483. The molecule has 1 N–H and O–H groups in total. The molecule has 42 heavy (non-hydrogen) atoms. The minimum Gasteiger partial charge on any atom is -0.493 e. The first kappa shape index (κ1) is 29.8. The number of benzene rings is 2. The van der Waals surface area contributed by atoms with Crippen LogP contribution in [-0.4, -0.2) is 64.3 Å². The highest BCUT2D eigenvalue weighted by atomic mass is 19.4. The van der Waals surface area contributed by atoms with Gasteiger partial charge in [0, 0.05) is 49.8 Å². The molecule has 2 fully saturated rings. The van der Waals surface area contributed by atoms with Crippen molar-refractivity contribution < 1.29 is 27.6 Å². The molecule has 0 bridgehead atoms. The molecular weight excluding hydrogens is 553 g/mol. The third-order valence-corrected chi connectivity index (χ3v) is 7.72. The van der Waals surface area contributed by atoms with Gasteiger partial charge in [-0.15, -0.1) is 0 Å². The minimum atomic E-state index is -4.73. The van der Waals surface area contributed by atoms with Gasteiger partial charge in [-0.1, -0.05) is 0 Å². The average Bonchev–Trinajstić information content (AvgIpc) is 2.97. The lowest BCUT2D eigenvalue weighted by Crippen LogP contribution is -2.50. The Morgan fingerprint density at radius 2 is 1.71 bits per heavy atom. The molecule has 2 saturated heterocycles. The normalized spacial score (nSPS) is 18.1. The maximum Gasteiger partial charge on any atom is 0.416 e. The molecule has 0 spiro atoms. The number of non-ortho nitro benzene ring substituents is 1. The maximum atomic E-state index is 13.5. The van der Waals surface area contributed by atoms with Crippen LogP contribution in [0.5, 0.6) is 11.5 Å². The topological polar surface area (TPSA) is 106 Å². The van der Waals surface area contributed by atoms with Gasteiger partial charge >= 0.3 is 6.18 Å². The lowest BCUT2D eigenvalue weighted by molar-refractivity contribution is -0.385. The number of hydrogen-bond acceptors (Lipinski definition) is 9. The van der Waals surface area contributed by atoms with E-state index in [1.807, 2.05) is 0 Å². The number of hydrogen-bond donors (Lipinski definition) is 1. The molecule has 0 unspecified atom stereocenters. The number of ether oxygens (including phenoxy) is 2. The summed E-state index contributed by atoms with van der Waals surface area (Å²) in [4.78, 5) is 19.6. The van der Waals surface area contributed by atoms with Crippen molar-refractivity contribution in [1.29, 1.82) is 0 Å². The Balaban J connectivity index is 1.40. The fourth-order valence-electron chi connectivity index (χ4n) is 5.50. The number of nitro groups is 1. The number of rotatable bonds is 8. The van der Waals surface area contributed by atoms with E-state index in [0.29, 0.717) is 40.1 Å². The SMILES string of the molecule is COc1cc2nc(C)nc(N[C@H](C)c3cc([N+](=O)[O-])cc(C(F)(F)F)c3)c2cc1OC1CCN(N2CC[CH]CC2)CC1. The number of alkyl halides is 3. The Hall–Kier alpha value is -3.71. The summed E-state index contributed by atoms with van der Waals surface area (Å²) >= 11 is 0. The summed E-state index contributed by atoms with van der Waals surface area (Å²) in [6.45, 7) is 7.22. The van der Waals surface area contributed by atoms with E-state index in [2.05, 4.69) is 31.7 Å². The molecule has 3 heterocycles. The number of nitrogens with one attached hydrogen (secondary N) is 1. The summed E-state index contributed by atoms with van der Waals surface area (Å²) in [5, 5.41) is 19.9. The number of aryl methyl sites for hydroxylation is 1. The predicted octanol–water partition coefficient (Wildman–Crippen LogP) is 6.11. The Morgan fingerprint density at radius 3 is 2.36 bits per heavy atom. The zero-order chi connectivity index (χ0) is 30.0. The van der Waals surface area contributed by atoms with E-state index in [0.717, 1.165) is 64.0 Å². The third-order valence-electron chi connectivity index (χ3n) is 7.72. The van der Waals surface area contributed by atoms with Crippen LogP contribution >= 0.6 is 0 Å². The molecule has 1 aromatic heterocycles. The van der Waals surface area contributed by atoms with E-state index in [-0.39, 0.29) is 11.7 Å². The minimum absolute atomic E-state index is 0.0173. The molecule has 2 aliphatic rings. The first-order chi connectivity index (χ1) is 20.0. The number of hydrazine groups is 1. The van der Waals surface area contributed by atoms with Crippen molar-refractivity contribution in [3.05, 3.63) is 63.8 Å². The summed E-state index contributed by atoms with van der Waals surface area (Å²) in [7, 11) is 1.56. The van der Waals surface area contributed by atoms with Crippen LogP contribution in [-0.2, 0) is 6.18 Å². The van der Waals surface area contributed by atoms with Gasteiger partial charge in [0.15, 0.2) is 11.5 Å². The predicted molar refractivity (Wildman–Crippen MR) is 151 cm³/mol. The lowest BCUT2D eigenvalue weighted by Gasteiger charge is -2.41. The second-order valence-electron chi connectivity index (χ2n) is 10.7. The second-order valence-corrected chi connectivity index (χ2v) is 10.7. The summed E-state index contributed by atoms with van der Waals surface area (Å²) in [6, 6.07) is 5.37. The van der Waals surface area contributed by atoms with Gasteiger partial charge in [-0.05, 0) is 63.6 Å². The van der Waals surface area contributed by atoms with Crippen molar-refractivity contribution in [2.24, 2.45) is 0 Å². The molecule has 13 heteroatoms. The van der Waals surface area contributed by atoms with Crippen molar-refractivity contribution in [1.82, 2.24) is 20.0 Å². The van der Waals surface area contributed by atoms with E-state index in [1.54, 1.807) is 33.1 Å². The molecule has 0 amide bonds. The average molecular weight is 588 g/mol. The van der Waals surface area contributed by atoms with Crippen LogP contribution in [0.1, 0.15) is 55.6 Å². The number of aromatic nitrogens is 2. The number of methoxy groups -OCH3 is 1. The van der Waals surface area contributed by atoms with Gasteiger partial charge in [-0.25, -0.2) is 20.0 Å². The lowest BCUT2D eigenvalue weighted by atomic mass is 10.0. The van der Waals surface area contributed by atoms with Gasteiger partial charge in [0.2, 0.25) is 0 Å². The van der Waals surface area contributed by atoms with E-state index >= 15 is 0 Å². The molecule has 2 aliphatic heterocycles. The zero-order valence-electron chi connectivity index (χ0n) is 23.8. The van der Waals surface area contributed by atoms with E-state index < -0.39 is 28.4 Å². The highest BCUT2D eigenvalue weighted by Gasteiger charge is 2.33. The second kappa shape index (κ2) is 12.3. The van der Waals surface area contributed by atoms with Crippen molar-refractivity contribution >= 4 is 22.4 Å². The van der Waals surface area contributed by atoms with Gasteiger partial charge in [0.1, 0.15) is 17.7 Å². The molecule has 2 aromatic carbocycles. The van der Waals surface area contributed by atoms with Crippen LogP contribution in [0.3, 0.4) is 0 Å². The molecule has 10 nitrogen and oxygen atoms in total. The van der Waals surface area contributed by atoms with E-state index in [9.17, 15) is 23.3 Å². The van der Waals surface area contributed by atoms with E-state index in [1.165, 1.54) is 0 Å². The van der Waals surface area contributed by atoms with Crippen molar-refractivity contribution in [2.45, 2.75) is 57.9 Å². The van der Waals surface area contributed by atoms with Crippen molar-refractivity contribution in [2.75, 3.05) is 38.6 Å². The third kappa shape index (κ3) is 6.67. The van der Waals surface area contributed by atoms with Gasteiger partial charge < -0.3 is 14.8 Å². The summed E-state index contributed by atoms with van der Waals surface area (Å²) in [6.07, 6.45) is 1.49. The highest BCUT2D eigenvalue weighted by molar-refractivity contribution is 5.92. The largest absolute Gasteiger partial charge is 0.493 e. The Labute approximate surface area is 241 Å². The fourth-order valence-corrected chi connectivity index (χ4v) is 5.50. The van der Waals surface area contributed by atoms with Gasteiger partial charge in [-0.3, -0.25) is 10.1 Å². The molecule has 5 rings (SSSR count). The van der Waals surface area contributed by atoms with E-state index in [4.69, 9.17) is 9.47 Å². The van der Waals surface area contributed by atoms with Crippen LogP contribution in [0.4, 0.5) is 24.7 Å². The first-order valence-electron chi connectivity index (χ1n) is 14.0. The number of piperidine rings is 2. The number of halogens is 3. The van der Waals surface area contributed by atoms with Crippen LogP contribution in [0.15, 0.2) is 30.3 Å². The zero-order valence-corrected chi connectivity index (χ0v) is 23.8. The maximum absolute atomic E-state index is 13.5. The summed E-state index contributed by atoms with van der Waals surface area (Å²) in [5.74, 6) is 1.84. The molecule has 0 aliphatic carbocycles.